The topological polar surface area (TPSA) is 75.2 Å². The number of anilines is 2. The molecule has 1 rings (SSSR count). The predicted molar refractivity (Wildman–Crippen MR) is 81.4 cm³/mol. The smallest absolute Gasteiger partial charge is 0.323 e. The summed E-state index contributed by atoms with van der Waals surface area (Å²) < 4.78 is 5.55. The molecule has 0 fully saturated rings. The van der Waals surface area contributed by atoms with Gasteiger partial charge in [0.2, 0.25) is 11.9 Å². The lowest BCUT2D eigenvalue weighted by Gasteiger charge is -2.19. The minimum Gasteiger partial charge on any atom is -0.461 e. The van der Waals surface area contributed by atoms with Crippen molar-refractivity contribution in [3.8, 4) is 6.01 Å². The van der Waals surface area contributed by atoms with Gasteiger partial charge in [-0.25, -0.2) is 0 Å². The van der Waals surface area contributed by atoms with E-state index in [9.17, 15) is 0 Å². The van der Waals surface area contributed by atoms with Crippen LogP contribution < -0.4 is 15.4 Å². The highest BCUT2D eigenvalue weighted by Crippen LogP contribution is 2.13. The van der Waals surface area contributed by atoms with Crippen LogP contribution in [0.4, 0.5) is 11.9 Å². The van der Waals surface area contributed by atoms with Crippen LogP contribution in [0.2, 0.25) is 0 Å². The van der Waals surface area contributed by atoms with Crippen LogP contribution in [0.3, 0.4) is 0 Å². The predicted octanol–water partition coefficient (Wildman–Crippen LogP) is 1.45. The van der Waals surface area contributed by atoms with Crippen molar-refractivity contribution in [1.29, 1.82) is 0 Å². The summed E-state index contributed by atoms with van der Waals surface area (Å²) in [5, 5.41) is 6.34. The summed E-state index contributed by atoms with van der Waals surface area (Å²) in [6, 6.07) is 0.569. The van der Waals surface area contributed by atoms with E-state index < -0.39 is 0 Å². The average Bonchev–Trinajstić information content (AvgIpc) is 2.26. The molecule has 1 heterocycles. The Morgan fingerprint density at radius 2 is 1.75 bits per heavy atom. The zero-order valence-electron chi connectivity index (χ0n) is 13.3. The number of aromatic nitrogens is 3. The molecule has 1 unspecified atom stereocenters. The van der Waals surface area contributed by atoms with E-state index >= 15 is 0 Å². The first kappa shape index (κ1) is 16.4. The quantitative estimate of drug-likeness (QED) is 0.747. The fourth-order valence-corrected chi connectivity index (χ4v) is 1.74. The Morgan fingerprint density at radius 3 is 2.30 bits per heavy atom. The lowest BCUT2D eigenvalue weighted by atomic mass is 10.3. The van der Waals surface area contributed by atoms with Gasteiger partial charge in [0, 0.05) is 19.1 Å². The van der Waals surface area contributed by atoms with Gasteiger partial charge in [0.05, 0.1) is 6.10 Å². The van der Waals surface area contributed by atoms with Gasteiger partial charge in [-0.3, -0.25) is 0 Å². The highest BCUT2D eigenvalue weighted by atomic mass is 16.5. The summed E-state index contributed by atoms with van der Waals surface area (Å²) >= 11 is 0. The SMILES string of the molecule is CCNc1nc(NC(C)CN(C)C)nc(OC(C)C)n1. The first-order valence-corrected chi connectivity index (χ1v) is 6.98. The maximum atomic E-state index is 5.55. The van der Waals surface area contributed by atoms with Crippen LogP contribution in [-0.2, 0) is 0 Å². The Hall–Kier alpha value is -1.63. The minimum absolute atomic E-state index is 0.0268. The molecule has 2 N–H and O–H groups in total. The lowest BCUT2D eigenvalue weighted by Crippen LogP contribution is -2.30. The van der Waals surface area contributed by atoms with Gasteiger partial charge in [-0.1, -0.05) is 0 Å². The van der Waals surface area contributed by atoms with E-state index in [-0.39, 0.29) is 12.1 Å². The summed E-state index contributed by atoms with van der Waals surface area (Å²) in [5.41, 5.74) is 0. The number of rotatable bonds is 8. The normalized spacial score (nSPS) is 12.6. The van der Waals surface area contributed by atoms with Gasteiger partial charge in [-0.2, -0.15) is 15.0 Å². The van der Waals surface area contributed by atoms with Crippen LogP contribution in [0.1, 0.15) is 27.7 Å². The second-order valence-corrected chi connectivity index (χ2v) is 5.27. The van der Waals surface area contributed by atoms with Gasteiger partial charge in [-0.05, 0) is 41.8 Å². The van der Waals surface area contributed by atoms with E-state index in [2.05, 4.69) is 37.4 Å². The van der Waals surface area contributed by atoms with E-state index in [0.717, 1.165) is 13.1 Å². The standard InChI is InChI=1S/C13H26N6O/c1-7-14-11-16-12(15-10(4)8-19(5)6)18-13(17-11)20-9(2)3/h9-10H,7-8H2,1-6H3,(H2,14,15,16,17,18). The fourth-order valence-electron chi connectivity index (χ4n) is 1.74. The molecule has 1 aromatic rings. The first-order chi connectivity index (χ1) is 9.40. The lowest BCUT2D eigenvalue weighted by molar-refractivity contribution is 0.222. The van der Waals surface area contributed by atoms with Gasteiger partial charge in [0.1, 0.15) is 0 Å². The minimum atomic E-state index is 0.0268. The number of hydrogen-bond acceptors (Lipinski definition) is 7. The van der Waals surface area contributed by atoms with Gasteiger partial charge < -0.3 is 20.3 Å². The van der Waals surface area contributed by atoms with Crippen molar-refractivity contribution in [3.05, 3.63) is 0 Å². The van der Waals surface area contributed by atoms with Gasteiger partial charge in [-0.15, -0.1) is 0 Å². The van der Waals surface area contributed by atoms with Crippen molar-refractivity contribution in [2.45, 2.75) is 39.8 Å². The van der Waals surface area contributed by atoms with Crippen LogP contribution in [0.15, 0.2) is 0 Å². The molecule has 0 aromatic carbocycles. The molecule has 0 aliphatic rings. The van der Waals surface area contributed by atoms with Crippen LogP contribution in [0, 0.1) is 0 Å². The largest absolute Gasteiger partial charge is 0.461 e. The summed E-state index contributed by atoms with van der Waals surface area (Å²) in [4.78, 5) is 15.0. The molecule has 1 atom stereocenters. The third-order valence-electron chi connectivity index (χ3n) is 2.31. The number of hydrogen-bond donors (Lipinski definition) is 2. The first-order valence-electron chi connectivity index (χ1n) is 6.98. The molecule has 20 heavy (non-hydrogen) atoms. The molecular weight excluding hydrogens is 256 g/mol. The molecule has 0 aliphatic heterocycles. The summed E-state index contributed by atoms with van der Waals surface area (Å²) in [6.07, 6.45) is 0.0268. The molecule has 0 saturated carbocycles. The van der Waals surface area contributed by atoms with Gasteiger partial charge in [0.15, 0.2) is 0 Å². The van der Waals surface area contributed by atoms with Crippen LogP contribution >= 0.6 is 0 Å². The Morgan fingerprint density at radius 1 is 1.10 bits per heavy atom. The Kier molecular flexibility index (Phi) is 6.44. The van der Waals surface area contributed by atoms with Crippen molar-refractivity contribution < 1.29 is 4.74 Å². The molecule has 114 valence electrons. The molecule has 0 radical (unpaired) electrons. The van der Waals surface area contributed by atoms with Crippen molar-refractivity contribution in [1.82, 2.24) is 19.9 Å². The number of likely N-dealkylation sites (N-methyl/N-ethyl adjacent to an activating group) is 1. The van der Waals surface area contributed by atoms with Crippen LogP contribution in [0.5, 0.6) is 6.01 Å². The molecule has 1 aromatic heterocycles. The van der Waals surface area contributed by atoms with Crippen molar-refractivity contribution in [2.75, 3.05) is 37.8 Å². The molecular formula is C13H26N6O. The molecule has 0 saturated heterocycles. The molecule has 0 spiro atoms. The summed E-state index contributed by atoms with van der Waals surface area (Å²) in [7, 11) is 4.06. The average molecular weight is 282 g/mol. The second kappa shape index (κ2) is 7.84. The van der Waals surface area contributed by atoms with Gasteiger partial charge >= 0.3 is 6.01 Å². The van der Waals surface area contributed by atoms with E-state index in [1.807, 2.05) is 34.9 Å². The Labute approximate surface area is 121 Å². The van der Waals surface area contributed by atoms with E-state index in [4.69, 9.17) is 4.74 Å². The van der Waals surface area contributed by atoms with Crippen molar-refractivity contribution in [3.63, 3.8) is 0 Å². The summed E-state index contributed by atoms with van der Waals surface area (Å²) in [6.45, 7) is 9.60. The molecule has 7 nitrogen and oxygen atoms in total. The molecule has 7 heteroatoms. The molecule has 0 amide bonds. The van der Waals surface area contributed by atoms with Gasteiger partial charge in [0.25, 0.3) is 0 Å². The zero-order valence-corrected chi connectivity index (χ0v) is 13.3. The van der Waals surface area contributed by atoms with E-state index in [1.54, 1.807) is 0 Å². The highest BCUT2D eigenvalue weighted by molar-refractivity contribution is 5.36. The third kappa shape index (κ3) is 6.01. The maximum absolute atomic E-state index is 5.55. The molecule has 0 bridgehead atoms. The van der Waals surface area contributed by atoms with E-state index in [0.29, 0.717) is 17.9 Å². The zero-order chi connectivity index (χ0) is 15.1. The van der Waals surface area contributed by atoms with Crippen LogP contribution in [-0.4, -0.2) is 59.2 Å². The Bertz CT molecular complexity index is 410. The number of ether oxygens (including phenoxy) is 1. The van der Waals surface area contributed by atoms with E-state index in [1.165, 1.54) is 0 Å². The van der Waals surface area contributed by atoms with Crippen molar-refractivity contribution >= 4 is 11.9 Å². The Balaban J connectivity index is 2.84. The number of nitrogens with one attached hydrogen (secondary N) is 2. The molecule has 0 aliphatic carbocycles. The van der Waals surface area contributed by atoms with Crippen LogP contribution in [0.25, 0.3) is 0 Å². The third-order valence-corrected chi connectivity index (χ3v) is 2.31. The van der Waals surface area contributed by atoms with Crippen molar-refractivity contribution in [2.24, 2.45) is 0 Å². The maximum Gasteiger partial charge on any atom is 0.323 e. The monoisotopic (exact) mass is 282 g/mol. The highest BCUT2D eigenvalue weighted by Gasteiger charge is 2.11. The second-order valence-electron chi connectivity index (χ2n) is 5.27. The summed E-state index contributed by atoms with van der Waals surface area (Å²) in [5.74, 6) is 1.05. The number of nitrogens with zero attached hydrogens (tertiary/aromatic N) is 4. The fraction of sp³-hybridized carbons (Fsp3) is 0.769.